The van der Waals surface area contributed by atoms with E-state index in [9.17, 15) is 19.2 Å². The Balaban J connectivity index is 0.000000121. The van der Waals surface area contributed by atoms with Crippen LogP contribution < -0.4 is 25.3 Å². The molecule has 5 amide bonds. The molecular weight excluding hydrogens is 1120 g/mol. The molecule has 13 rings (SSSR count). The number of piperazine rings is 4. The number of rotatable bonds is 7. The van der Waals surface area contributed by atoms with E-state index >= 15 is 0 Å². The highest BCUT2D eigenvalue weighted by molar-refractivity contribution is 6.33. The lowest BCUT2D eigenvalue weighted by molar-refractivity contribution is -0.135. The van der Waals surface area contributed by atoms with Crippen molar-refractivity contribution in [3.05, 3.63) is 93.4 Å². The Morgan fingerprint density at radius 2 is 0.765 bits per heavy atom. The number of hydrogen-bond acceptors (Lipinski definition) is 12. The minimum absolute atomic E-state index is 0.0586. The Bertz CT molecular complexity index is 3400. The largest absolute Gasteiger partial charge is 0.367 e. The second kappa shape index (κ2) is 25.3. The van der Waals surface area contributed by atoms with E-state index in [2.05, 4.69) is 60.4 Å². The molecule has 0 bridgehead atoms. The number of nitrogens with two attached hydrogens (primary N) is 1. The number of aromatic amines is 4. The topological polar surface area (TPSA) is 235 Å². The van der Waals surface area contributed by atoms with Crippen LogP contribution in [0.15, 0.2) is 73.3 Å². The Hall–Kier alpha value is -7.20. The van der Waals surface area contributed by atoms with Gasteiger partial charge in [0.2, 0.25) is 17.7 Å². The average Bonchev–Trinajstić information content (AvgIpc) is 3.97. The molecule has 4 aliphatic heterocycles. The highest BCUT2D eigenvalue weighted by atomic mass is 35.5. The van der Waals surface area contributed by atoms with E-state index in [4.69, 9.17) is 52.1 Å². The van der Waals surface area contributed by atoms with Crippen molar-refractivity contribution < 1.29 is 19.2 Å². The van der Waals surface area contributed by atoms with Crippen molar-refractivity contribution in [2.75, 3.05) is 124 Å². The number of aromatic nitrogens is 8. The van der Waals surface area contributed by atoms with Gasteiger partial charge in [-0.3, -0.25) is 34.8 Å². The number of nitrogens with zero attached hydrogens (tertiary/aromatic N) is 12. The van der Waals surface area contributed by atoms with Crippen LogP contribution in [-0.2, 0) is 14.4 Å². The molecule has 21 nitrogen and oxygen atoms in total. The van der Waals surface area contributed by atoms with Crippen LogP contribution in [0.2, 0.25) is 20.1 Å². The average molecular weight is 1180 g/mol. The molecular formula is C56H67Cl4N17O4. The van der Waals surface area contributed by atoms with Gasteiger partial charge >= 0.3 is 6.03 Å². The van der Waals surface area contributed by atoms with Gasteiger partial charge < -0.3 is 44.9 Å². The van der Waals surface area contributed by atoms with Crippen LogP contribution in [0.5, 0.6) is 0 Å². The van der Waals surface area contributed by atoms with E-state index in [1.54, 1.807) is 11.1 Å². The molecule has 0 radical (unpaired) electrons. The number of amides is 5. The molecule has 5 aliphatic rings. The molecule has 0 atom stereocenters. The molecule has 5 fully saturated rings. The summed E-state index contributed by atoms with van der Waals surface area (Å²) >= 11 is 24.7. The van der Waals surface area contributed by atoms with Gasteiger partial charge in [-0.25, -0.2) is 4.79 Å². The van der Waals surface area contributed by atoms with Gasteiger partial charge in [0.15, 0.2) is 0 Å². The van der Waals surface area contributed by atoms with E-state index < -0.39 is 0 Å². The second-order valence-electron chi connectivity index (χ2n) is 21.1. The van der Waals surface area contributed by atoms with Crippen molar-refractivity contribution >= 4 is 137 Å². The van der Waals surface area contributed by atoms with Gasteiger partial charge in [0.1, 0.15) is 0 Å². The van der Waals surface area contributed by atoms with Crippen LogP contribution in [0.1, 0.15) is 40.0 Å². The number of halogens is 4. The zero-order valence-corrected chi connectivity index (χ0v) is 48.6. The third kappa shape index (κ3) is 13.3. The Morgan fingerprint density at radius 1 is 0.469 bits per heavy atom. The van der Waals surface area contributed by atoms with E-state index in [1.165, 1.54) is 0 Å². The van der Waals surface area contributed by atoms with E-state index in [1.807, 2.05) is 103 Å². The normalized spacial score (nSPS) is 16.8. The first-order valence-corrected chi connectivity index (χ1v) is 29.0. The summed E-state index contributed by atoms with van der Waals surface area (Å²) in [5.74, 6) is 1.17. The Kier molecular flexibility index (Phi) is 17.8. The molecule has 81 heavy (non-hydrogen) atoms. The molecule has 6 N–H and O–H groups in total. The van der Waals surface area contributed by atoms with Crippen molar-refractivity contribution in [1.29, 1.82) is 0 Å². The van der Waals surface area contributed by atoms with Gasteiger partial charge in [-0.2, -0.15) is 20.4 Å². The molecule has 1 saturated carbocycles. The standard InChI is InChI=1S/C15H17ClN4O.C15H19ClN4O.C14H17ClN4O.C12H14ClN5O/c16-11-7-13-12(9-17-18-13)14(8-11)19-3-5-20(6-4-19)15(21)10-1-2-10;1-10(2)15(21)20-5-3-19(4-6-20)14-8-11(16)7-13-12(14)9-17-18-13;1-2-14(20)19-5-3-18(4-6-19)13-8-10(15)7-12-11(13)9-16-17-12;13-8-5-10-9(7-15-16-10)11(6-8)17-1-3-18(4-2-17)12(14)19/h7-10H,1-6H2,(H,17,18);7-10H,3-6H2,1-2H3,(H,17,18);7-9H,2-6H2,1H3,(H,16,17);5-7H,1-4H2,(H2,14,19)(H,15,16). The van der Waals surface area contributed by atoms with Crippen molar-refractivity contribution in [3.8, 4) is 0 Å². The fourth-order valence-corrected chi connectivity index (χ4v) is 11.8. The number of nitrogens with one attached hydrogen (secondary N) is 4. The minimum atomic E-state index is -0.362. The molecule has 4 saturated heterocycles. The summed E-state index contributed by atoms with van der Waals surface area (Å²) in [6.45, 7) is 18.1. The van der Waals surface area contributed by atoms with Gasteiger partial charge in [-0.15, -0.1) is 0 Å². The van der Waals surface area contributed by atoms with Crippen LogP contribution in [0.25, 0.3) is 43.6 Å². The number of hydrogen-bond donors (Lipinski definition) is 5. The molecule has 428 valence electrons. The summed E-state index contributed by atoms with van der Waals surface area (Å²) in [5.41, 5.74) is 13.4. The molecule has 4 aromatic heterocycles. The number of fused-ring (bicyclic) bond motifs is 4. The van der Waals surface area contributed by atoms with Crippen molar-refractivity contribution in [3.63, 3.8) is 0 Å². The molecule has 4 aromatic carbocycles. The lowest BCUT2D eigenvalue weighted by atomic mass is 10.1. The first kappa shape index (κ1) is 57.1. The number of carbonyl (C=O) groups excluding carboxylic acids is 4. The minimum Gasteiger partial charge on any atom is -0.367 e. The van der Waals surface area contributed by atoms with Crippen LogP contribution in [0.3, 0.4) is 0 Å². The number of carbonyl (C=O) groups is 4. The van der Waals surface area contributed by atoms with Gasteiger partial charge in [0.25, 0.3) is 0 Å². The third-order valence-corrected chi connectivity index (χ3v) is 16.4. The molecule has 8 heterocycles. The Morgan fingerprint density at radius 3 is 1.05 bits per heavy atom. The third-order valence-electron chi connectivity index (χ3n) is 15.5. The summed E-state index contributed by atoms with van der Waals surface area (Å²) in [6.07, 6.45) is 10.00. The maximum Gasteiger partial charge on any atom is 0.314 e. The number of primary amides is 1. The van der Waals surface area contributed by atoms with E-state index in [0.717, 1.165) is 171 Å². The lowest BCUT2D eigenvalue weighted by Crippen LogP contribution is -2.50. The van der Waals surface area contributed by atoms with Crippen LogP contribution in [0.4, 0.5) is 27.5 Å². The summed E-state index contributed by atoms with van der Waals surface area (Å²) in [4.78, 5) is 63.5. The first-order valence-electron chi connectivity index (χ1n) is 27.5. The molecule has 1 aliphatic carbocycles. The van der Waals surface area contributed by atoms with Crippen LogP contribution in [-0.4, -0.2) is 189 Å². The molecule has 0 spiro atoms. The summed E-state index contributed by atoms with van der Waals surface area (Å²) in [6, 6.07) is 15.0. The number of anilines is 4. The van der Waals surface area contributed by atoms with Gasteiger partial charge in [0, 0.05) is 187 Å². The van der Waals surface area contributed by atoms with Crippen molar-refractivity contribution in [2.45, 2.75) is 40.0 Å². The number of urea groups is 1. The summed E-state index contributed by atoms with van der Waals surface area (Å²) in [5, 5.41) is 35.1. The highest BCUT2D eigenvalue weighted by Crippen LogP contribution is 2.36. The zero-order chi connectivity index (χ0) is 56.9. The van der Waals surface area contributed by atoms with Gasteiger partial charge in [-0.1, -0.05) is 67.2 Å². The summed E-state index contributed by atoms with van der Waals surface area (Å²) < 4.78 is 0. The number of H-pyrrole nitrogens is 4. The fourth-order valence-electron chi connectivity index (χ4n) is 10.9. The summed E-state index contributed by atoms with van der Waals surface area (Å²) in [7, 11) is 0. The second-order valence-corrected chi connectivity index (χ2v) is 22.9. The van der Waals surface area contributed by atoms with Crippen LogP contribution in [0, 0.1) is 11.8 Å². The van der Waals surface area contributed by atoms with E-state index in [0.29, 0.717) is 51.4 Å². The maximum absolute atomic E-state index is 12.1. The maximum atomic E-state index is 12.1. The van der Waals surface area contributed by atoms with Crippen molar-refractivity contribution in [1.82, 2.24) is 60.4 Å². The predicted molar refractivity (Wildman–Crippen MR) is 322 cm³/mol. The first-order chi connectivity index (χ1) is 39.1. The van der Waals surface area contributed by atoms with Gasteiger partial charge in [-0.05, 0) is 61.4 Å². The monoisotopic (exact) mass is 1180 g/mol. The molecule has 0 unspecified atom stereocenters. The van der Waals surface area contributed by atoms with Crippen molar-refractivity contribution in [2.24, 2.45) is 17.6 Å². The van der Waals surface area contributed by atoms with E-state index in [-0.39, 0.29) is 23.8 Å². The van der Waals surface area contributed by atoms with Crippen LogP contribution >= 0.6 is 46.4 Å². The smallest absolute Gasteiger partial charge is 0.314 e. The van der Waals surface area contributed by atoms with Gasteiger partial charge in [0.05, 0.1) is 46.9 Å². The molecule has 8 aromatic rings. The highest BCUT2D eigenvalue weighted by Gasteiger charge is 2.35. The quantitative estimate of drug-likeness (QED) is 0.101. The SMILES string of the molecule is CC(C)C(=O)N1CCN(c2cc(Cl)cc3[nH]ncc23)CC1.CCC(=O)N1CCN(c2cc(Cl)cc3[nH]ncc23)CC1.NC(=O)N1CCN(c2cc(Cl)cc3[nH]ncc23)CC1.O=C(C1CC1)N1CCN(c2cc(Cl)cc3[nH]ncc23)CC1. The molecule has 25 heteroatoms. The number of benzene rings is 4. The zero-order valence-electron chi connectivity index (χ0n) is 45.6. The Labute approximate surface area is 488 Å². The predicted octanol–water partition coefficient (Wildman–Crippen LogP) is 8.49. The lowest BCUT2D eigenvalue weighted by Gasteiger charge is -2.37. The fraction of sp³-hybridized carbons (Fsp3) is 0.429.